The van der Waals surface area contributed by atoms with Gasteiger partial charge in [0.05, 0.1) is 25.0 Å². The van der Waals surface area contributed by atoms with Gasteiger partial charge in [-0.05, 0) is 29.8 Å². The van der Waals surface area contributed by atoms with E-state index in [9.17, 15) is 4.79 Å². The highest BCUT2D eigenvalue weighted by Gasteiger charge is 2.08. The van der Waals surface area contributed by atoms with E-state index >= 15 is 0 Å². The number of nitrogens with one attached hydrogen (secondary N) is 1. The van der Waals surface area contributed by atoms with Crippen LogP contribution in [0.4, 0.5) is 5.69 Å². The zero-order valence-corrected chi connectivity index (χ0v) is 14.6. The number of hydrogen-bond acceptors (Lipinski definition) is 4. The van der Waals surface area contributed by atoms with Gasteiger partial charge in [-0.3, -0.25) is 9.48 Å². The van der Waals surface area contributed by atoms with Gasteiger partial charge in [-0.1, -0.05) is 30.3 Å². The average molecular weight is 351 g/mol. The van der Waals surface area contributed by atoms with E-state index in [1.165, 1.54) is 6.20 Å². The zero-order valence-electron chi connectivity index (χ0n) is 14.6. The minimum absolute atomic E-state index is 0.188. The van der Waals surface area contributed by atoms with E-state index in [0.717, 1.165) is 17.0 Å². The predicted octanol–water partition coefficient (Wildman–Crippen LogP) is 3.27. The summed E-state index contributed by atoms with van der Waals surface area (Å²) in [5, 5.41) is 6.86. The normalized spacial score (nSPS) is 10.5. The number of nitrogens with zero attached hydrogens (tertiary/aromatic N) is 2. The quantitative estimate of drug-likeness (QED) is 0.633. The van der Waals surface area contributed by atoms with Crippen molar-refractivity contribution in [2.45, 2.75) is 6.61 Å². The molecule has 1 N–H and O–H groups in total. The van der Waals surface area contributed by atoms with E-state index in [2.05, 4.69) is 10.4 Å². The van der Waals surface area contributed by atoms with Crippen molar-refractivity contribution < 1.29 is 14.3 Å². The summed E-state index contributed by atoms with van der Waals surface area (Å²) in [6, 6.07) is 17.2. The average Bonchev–Trinajstić information content (AvgIpc) is 3.09. The van der Waals surface area contributed by atoms with Gasteiger partial charge in [0.25, 0.3) is 5.91 Å². The van der Waals surface area contributed by atoms with Crippen molar-refractivity contribution in [3.8, 4) is 5.75 Å². The zero-order chi connectivity index (χ0) is 18.2. The van der Waals surface area contributed by atoms with Crippen molar-refractivity contribution in [1.82, 2.24) is 9.78 Å². The van der Waals surface area contributed by atoms with E-state index in [1.54, 1.807) is 17.9 Å². The molecule has 0 aliphatic rings. The molecule has 2 aromatic carbocycles. The lowest BCUT2D eigenvalue weighted by atomic mass is 10.2. The second kappa shape index (κ2) is 8.82. The highest BCUT2D eigenvalue weighted by atomic mass is 16.5. The summed E-state index contributed by atoms with van der Waals surface area (Å²) >= 11 is 0. The number of aryl methyl sites for hydroxylation is 1. The van der Waals surface area contributed by atoms with Crippen molar-refractivity contribution >= 4 is 11.6 Å². The lowest BCUT2D eigenvalue weighted by molar-refractivity contribution is 0.0889. The molecule has 0 saturated heterocycles. The summed E-state index contributed by atoms with van der Waals surface area (Å²) in [6.07, 6.45) is 3.21. The fourth-order valence-electron chi connectivity index (χ4n) is 2.41. The number of carbonyl (C=O) groups is 1. The van der Waals surface area contributed by atoms with Crippen LogP contribution in [0.2, 0.25) is 0 Å². The third-order valence-electron chi connectivity index (χ3n) is 3.66. The highest BCUT2D eigenvalue weighted by Crippen LogP contribution is 2.13. The third-order valence-corrected chi connectivity index (χ3v) is 3.66. The topological polar surface area (TPSA) is 65.4 Å². The van der Waals surface area contributed by atoms with E-state index in [1.807, 2.05) is 54.6 Å². The number of benzene rings is 2. The van der Waals surface area contributed by atoms with E-state index < -0.39 is 0 Å². The van der Waals surface area contributed by atoms with Crippen molar-refractivity contribution in [3.63, 3.8) is 0 Å². The molecule has 0 aliphatic heterocycles. The van der Waals surface area contributed by atoms with Crippen LogP contribution in [0.5, 0.6) is 5.75 Å². The van der Waals surface area contributed by atoms with Crippen LogP contribution in [-0.4, -0.2) is 28.9 Å². The van der Waals surface area contributed by atoms with Crippen LogP contribution in [0, 0.1) is 0 Å². The number of carbonyl (C=O) groups excluding carboxylic acids is 1. The molecule has 0 aliphatic carbocycles. The smallest absolute Gasteiger partial charge is 0.258 e. The molecule has 3 aromatic rings. The Morgan fingerprint density at radius 1 is 1.12 bits per heavy atom. The van der Waals surface area contributed by atoms with Gasteiger partial charge in [-0.25, -0.2) is 0 Å². The first-order chi connectivity index (χ1) is 12.7. The standard InChI is InChI=1S/C20H21N3O3/c1-23-14-17(13-21-23)20(24)22-18-7-5-6-16(12-18)15-25-10-11-26-19-8-3-2-4-9-19/h2-9,12-14H,10-11,15H2,1H3,(H,22,24). The molecule has 0 spiro atoms. The van der Waals surface area contributed by atoms with Gasteiger partial charge in [-0.15, -0.1) is 0 Å². The minimum Gasteiger partial charge on any atom is -0.491 e. The Kier molecular flexibility index (Phi) is 6.01. The molecular weight excluding hydrogens is 330 g/mol. The Balaban J connectivity index is 1.44. The van der Waals surface area contributed by atoms with Crippen LogP contribution in [0.15, 0.2) is 67.0 Å². The second-order valence-electron chi connectivity index (χ2n) is 5.77. The van der Waals surface area contributed by atoms with Gasteiger partial charge < -0.3 is 14.8 Å². The fraction of sp³-hybridized carbons (Fsp3) is 0.200. The largest absolute Gasteiger partial charge is 0.491 e. The molecule has 1 amide bonds. The maximum Gasteiger partial charge on any atom is 0.258 e. The highest BCUT2D eigenvalue weighted by molar-refractivity contribution is 6.03. The molecular formula is C20H21N3O3. The van der Waals surface area contributed by atoms with Crippen LogP contribution < -0.4 is 10.1 Å². The second-order valence-corrected chi connectivity index (χ2v) is 5.77. The van der Waals surface area contributed by atoms with Gasteiger partial charge in [0.2, 0.25) is 0 Å². The van der Waals surface area contributed by atoms with Gasteiger partial charge in [0.15, 0.2) is 0 Å². The summed E-state index contributed by atoms with van der Waals surface area (Å²) < 4.78 is 12.8. The molecule has 0 bridgehead atoms. The van der Waals surface area contributed by atoms with E-state index in [-0.39, 0.29) is 5.91 Å². The Bertz CT molecular complexity index is 846. The fourth-order valence-corrected chi connectivity index (χ4v) is 2.41. The Morgan fingerprint density at radius 2 is 1.96 bits per heavy atom. The van der Waals surface area contributed by atoms with Crippen molar-refractivity contribution in [2.75, 3.05) is 18.5 Å². The van der Waals surface area contributed by atoms with Crippen LogP contribution >= 0.6 is 0 Å². The Labute approximate surface area is 152 Å². The van der Waals surface area contributed by atoms with Crippen molar-refractivity contribution in [3.05, 3.63) is 78.1 Å². The molecule has 6 nitrogen and oxygen atoms in total. The lowest BCUT2D eigenvalue weighted by Gasteiger charge is -2.09. The van der Waals surface area contributed by atoms with Crippen LogP contribution in [0.25, 0.3) is 0 Å². The first-order valence-corrected chi connectivity index (χ1v) is 8.35. The number of para-hydroxylation sites is 1. The number of amides is 1. The summed E-state index contributed by atoms with van der Waals surface area (Å²) in [7, 11) is 1.77. The lowest BCUT2D eigenvalue weighted by Crippen LogP contribution is -2.11. The maximum absolute atomic E-state index is 12.2. The molecule has 26 heavy (non-hydrogen) atoms. The summed E-state index contributed by atoms with van der Waals surface area (Å²) in [6.45, 7) is 1.43. The maximum atomic E-state index is 12.2. The minimum atomic E-state index is -0.188. The molecule has 1 aromatic heterocycles. The van der Waals surface area contributed by atoms with Gasteiger partial charge in [0.1, 0.15) is 12.4 Å². The van der Waals surface area contributed by atoms with E-state index in [4.69, 9.17) is 9.47 Å². The molecule has 1 heterocycles. The monoisotopic (exact) mass is 351 g/mol. The SMILES string of the molecule is Cn1cc(C(=O)Nc2cccc(COCCOc3ccccc3)c2)cn1. The van der Waals surface area contributed by atoms with Crippen molar-refractivity contribution in [1.29, 1.82) is 0 Å². The molecule has 6 heteroatoms. The van der Waals surface area contributed by atoms with Gasteiger partial charge in [-0.2, -0.15) is 5.10 Å². The molecule has 0 unspecified atom stereocenters. The molecule has 134 valence electrons. The molecule has 3 rings (SSSR count). The number of hydrogen-bond donors (Lipinski definition) is 1. The molecule has 0 saturated carbocycles. The molecule has 0 radical (unpaired) electrons. The first kappa shape index (κ1) is 17.7. The summed E-state index contributed by atoms with van der Waals surface area (Å²) in [4.78, 5) is 12.2. The Morgan fingerprint density at radius 3 is 2.73 bits per heavy atom. The molecule has 0 fully saturated rings. The number of anilines is 1. The number of ether oxygens (including phenoxy) is 2. The number of rotatable bonds is 8. The van der Waals surface area contributed by atoms with Gasteiger partial charge >= 0.3 is 0 Å². The van der Waals surface area contributed by atoms with Crippen molar-refractivity contribution in [2.24, 2.45) is 7.05 Å². The van der Waals surface area contributed by atoms with Gasteiger partial charge in [0, 0.05) is 18.9 Å². The van der Waals surface area contributed by atoms with E-state index in [0.29, 0.717) is 25.4 Å². The first-order valence-electron chi connectivity index (χ1n) is 8.35. The third kappa shape index (κ3) is 5.19. The predicted molar refractivity (Wildman–Crippen MR) is 99.2 cm³/mol. The molecule has 0 atom stereocenters. The van der Waals surface area contributed by atoms with Crippen LogP contribution in [0.1, 0.15) is 15.9 Å². The van der Waals surface area contributed by atoms with Crippen LogP contribution in [0.3, 0.4) is 0 Å². The number of aromatic nitrogens is 2. The summed E-state index contributed by atoms with van der Waals surface area (Å²) in [5.74, 6) is 0.642. The summed E-state index contributed by atoms with van der Waals surface area (Å²) in [5.41, 5.74) is 2.22. The van der Waals surface area contributed by atoms with Crippen LogP contribution in [-0.2, 0) is 18.4 Å². The Hall–Kier alpha value is -3.12.